The van der Waals surface area contributed by atoms with E-state index in [0.29, 0.717) is 23.9 Å². The number of hydrogen-bond donors (Lipinski definition) is 0. The second-order valence-electron chi connectivity index (χ2n) is 3.32. The highest BCUT2D eigenvalue weighted by Crippen LogP contribution is 2.25. The van der Waals surface area contributed by atoms with Crippen molar-refractivity contribution >= 4 is 11.6 Å². The van der Waals surface area contributed by atoms with Crippen molar-refractivity contribution in [3.8, 4) is 5.75 Å². The molecule has 0 saturated carbocycles. The van der Waals surface area contributed by atoms with E-state index in [2.05, 4.69) is 10.1 Å². The van der Waals surface area contributed by atoms with Crippen molar-refractivity contribution in [1.82, 2.24) is 10.1 Å². The number of benzene rings is 1. The van der Waals surface area contributed by atoms with Crippen LogP contribution in [0.3, 0.4) is 0 Å². The summed E-state index contributed by atoms with van der Waals surface area (Å²) in [6, 6.07) is 3.91. The van der Waals surface area contributed by atoms with E-state index in [0.717, 1.165) is 0 Å². The Balaban J connectivity index is 2.02. The molecular formula is C11H10ClFN2O2. The summed E-state index contributed by atoms with van der Waals surface area (Å²) in [5.74, 6) is 0.953. The molecule has 0 aliphatic carbocycles. The van der Waals surface area contributed by atoms with E-state index in [1.165, 1.54) is 18.2 Å². The van der Waals surface area contributed by atoms with Gasteiger partial charge in [0.1, 0.15) is 11.6 Å². The normalized spacial score (nSPS) is 10.5. The van der Waals surface area contributed by atoms with Crippen LogP contribution >= 0.6 is 11.6 Å². The summed E-state index contributed by atoms with van der Waals surface area (Å²) < 4.78 is 23.1. The van der Waals surface area contributed by atoms with Crippen molar-refractivity contribution in [2.45, 2.75) is 20.0 Å². The molecule has 0 aliphatic heterocycles. The van der Waals surface area contributed by atoms with Crippen LogP contribution in [0.4, 0.5) is 4.39 Å². The average molecular weight is 257 g/mol. The Kier molecular flexibility index (Phi) is 3.58. The largest absolute Gasteiger partial charge is 0.482 e. The summed E-state index contributed by atoms with van der Waals surface area (Å²) in [5.41, 5.74) is 0. The van der Waals surface area contributed by atoms with Crippen LogP contribution in [0, 0.1) is 5.82 Å². The van der Waals surface area contributed by atoms with E-state index in [-0.39, 0.29) is 11.6 Å². The predicted octanol–water partition coefficient (Wildman–Crippen LogP) is 3.00. The number of rotatable bonds is 4. The summed E-state index contributed by atoms with van der Waals surface area (Å²) in [6.45, 7) is 2.03. The minimum Gasteiger partial charge on any atom is -0.482 e. The maximum Gasteiger partial charge on any atom is 0.264 e. The van der Waals surface area contributed by atoms with Gasteiger partial charge in [0.15, 0.2) is 12.4 Å². The summed E-state index contributed by atoms with van der Waals surface area (Å²) in [7, 11) is 0. The zero-order chi connectivity index (χ0) is 12.3. The minimum atomic E-state index is -0.409. The highest BCUT2D eigenvalue weighted by Gasteiger charge is 2.07. The highest BCUT2D eigenvalue weighted by molar-refractivity contribution is 6.32. The van der Waals surface area contributed by atoms with Crippen molar-refractivity contribution in [3.05, 3.63) is 40.8 Å². The maximum atomic E-state index is 12.8. The highest BCUT2D eigenvalue weighted by atomic mass is 35.5. The number of hydrogen-bond acceptors (Lipinski definition) is 4. The van der Waals surface area contributed by atoms with Crippen LogP contribution in [0.5, 0.6) is 5.75 Å². The van der Waals surface area contributed by atoms with Gasteiger partial charge in [0, 0.05) is 6.42 Å². The van der Waals surface area contributed by atoms with Crippen molar-refractivity contribution < 1.29 is 13.7 Å². The van der Waals surface area contributed by atoms with Gasteiger partial charge in [0.05, 0.1) is 5.02 Å². The number of aryl methyl sites for hydroxylation is 1. The summed E-state index contributed by atoms with van der Waals surface area (Å²) >= 11 is 5.80. The zero-order valence-corrected chi connectivity index (χ0v) is 9.87. The molecule has 0 fully saturated rings. The number of halogens is 2. The second-order valence-corrected chi connectivity index (χ2v) is 3.73. The maximum absolute atomic E-state index is 12.8. The van der Waals surface area contributed by atoms with Gasteiger partial charge in [-0.3, -0.25) is 0 Å². The zero-order valence-electron chi connectivity index (χ0n) is 9.11. The van der Waals surface area contributed by atoms with Crippen LogP contribution in [0.1, 0.15) is 18.6 Å². The van der Waals surface area contributed by atoms with Crippen LogP contribution in [0.15, 0.2) is 22.7 Å². The summed E-state index contributed by atoms with van der Waals surface area (Å²) in [6.07, 6.45) is 0.695. The fraction of sp³-hybridized carbons (Fsp3) is 0.273. The van der Waals surface area contributed by atoms with Crippen LogP contribution < -0.4 is 4.74 Å². The van der Waals surface area contributed by atoms with Gasteiger partial charge in [-0.2, -0.15) is 4.98 Å². The van der Waals surface area contributed by atoms with Crippen LogP contribution in [0.2, 0.25) is 5.02 Å². The lowest BCUT2D eigenvalue weighted by atomic mass is 10.3. The van der Waals surface area contributed by atoms with Crippen LogP contribution in [0.25, 0.3) is 0 Å². The lowest BCUT2D eigenvalue weighted by Crippen LogP contribution is -1.97. The first-order valence-electron chi connectivity index (χ1n) is 5.08. The van der Waals surface area contributed by atoms with E-state index in [1.54, 1.807) is 0 Å². The molecule has 2 rings (SSSR count). The van der Waals surface area contributed by atoms with E-state index >= 15 is 0 Å². The third kappa shape index (κ3) is 2.94. The van der Waals surface area contributed by atoms with Gasteiger partial charge >= 0.3 is 0 Å². The van der Waals surface area contributed by atoms with E-state index in [4.69, 9.17) is 20.9 Å². The van der Waals surface area contributed by atoms with Gasteiger partial charge in [-0.1, -0.05) is 23.7 Å². The monoisotopic (exact) mass is 256 g/mol. The fourth-order valence-corrected chi connectivity index (χ4v) is 1.45. The first kappa shape index (κ1) is 11.9. The van der Waals surface area contributed by atoms with Gasteiger partial charge in [-0.05, 0) is 18.2 Å². The molecule has 0 amide bonds. The van der Waals surface area contributed by atoms with Crippen LogP contribution in [-0.2, 0) is 13.0 Å². The molecule has 17 heavy (non-hydrogen) atoms. The lowest BCUT2D eigenvalue weighted by molar-refractivity contribution is 0.242. The standard InChI is InChI=1S/C11H10ClFN2O2/c1-2-10-14-11(17-15-10)6-16-9-4-3-7(13)5-8(9)12/h3-5H,2,6H2,1H3. The smallest absolute Gasteiger partial charge is 0.264 e. The molecule has 90 valence electrons. The summed E-state index contributed by atoms with van der Waals surface area (Å²) in [5, 5.41) is 3.93. The fourth-order valence-electron chi connectivity index (χ4n) is 1.22. The first-order valence-corrected chi connectivity index (χ1v) is 5.46. The van der Waals surface area contributed by atoms with E-state index in [9.17, 15) is 4.39 Å². The summed E-state index contributed by atoms with van der Waals surface area (Å²) in [4.78, 5) is 4.07. The van der Waals surface area contributed by atoms with Crippen LogP contribution in [-0.4, -0.2) is 10.1 Å². The molecule has 0 spiro atoms. The first-order chi connectivity index (χ1) is 8.19. The quantitative estimate of drug-likeness (QED) is 0.844. The van der Waals surface area contributed by atoms with Crippen molar-refractivity contribution in [3.63, 3.8) is 0 Å². The molecule has 0 aliphatic rings. The molecule has 0 atom stereocenters. The van der Waals surface area contributed by atoms with Gasteiger partial charge in [-0.25, -0.2) is 4.39 Å². The van der Waals surface area contributed by atoms with Gasteiger partial charge in [-0.15, -0.1) is 0 Å². The third-order valence-corrected chi connectivity index (χ3v) is 2.37. The van der Waals surface area contributed by atoms with Crippen molar-refractivity contribution in [2.24, 2.45) is 0 Å². The Labute approximate surface area is 102 Å². The average Bonchev–Trinajstić information content (AvgIpc) is 2.76. The Morgan fingerprint density at radius 2 is 2.29 bits per heavy atom. The molecule has 1 aromatic heterocycles. The minimum absolute atomic E-state index is 0.109. The molecule has 0 bridgehead atoms. The number of ether oxygens (including phenoxy) is 1. The number of aromatic nitrogens is 2. The van der Waals surface area contributed by atoms with Gasteiger partial charge < -0.3 is 9.26 Å². The third-order valence-electron chi connectivity index (χ3n) is 2.07. The molecule has 4 nitrogen and oxygen atoms in total. The SMILES string of the molecule is CCc1noc(COc2ccc(F)cc2Cl)n1. The molecule has 0 N–H and O–H groups in total. The van der Waals surface area contributed by atoms with E-state index in [1.807, 2.05) is 6.92 Å². The Bertz CT molecular complexity index is 516. The predicted molar refractivity (Wildman–Crippen MR) is 59.4 cm³/mol. The van der Waals surface area contributed by atoms with E-state index < -0.39 is 5.82 Å². The molecule has 1 heterocycles. The molecule has 2 aromatic rings. The molecule has 6 heteroatoms. The van der Waals surface area contributed by atoms with Crippen molar-refractivity contribution in [1.29, 1.82) is 0 Å². The second kappa shape index (κ2) is 5.14. The molecule has 0 radical (unpaired) electrons. The lowest BCUT2D eigenvalue weighted by Gasteiger charge is -2.04. The molecular weight excluding hydrogens is 247 g/mol. The molecule has 0 saturated heterocycles. The Hall–Kier alpha value is -1.62. The molecule has 1 aromatic carbocycles. The Morgan fingerprint density at radius 3 is 2.94 bits per heavy atom. The van der Waals surface area contributed by atoms with Gasteiger partial charge in [0.25, 0.3) is 5.89 Å². The van der Waals surface area contributed by atoms with Gasteiger partial charge in [0.2, 0.25) is 0 Å². The topological polar surface area (TPSA) is 48.2 Å². The van der Waals surface area contributed by atoms with Crippen molar-refractivity contribution in [2.75, 3.05) is 0 Å². The Morgan fingerprint density at radius 1 is 1.47 bits per heavy atom. The number of nitrogens with zero attached hydrogens (tertiary/aromatic N) is 2. The molecule has 0 unspecified atom stereocenters.